The summed E-state index contributed by atoms with van der Waals surface area (Å²) in [6.07, 6.45) is 1.52. The van der Waals surface area contributed by atoms with Crippen LogP contribution in [0.15, 0.2) is 59.6 Å². The Balaban J connectivity index is 2.04. The molecule has 0 atom stereocenters. The molecule has 0 heterocycles. The highest BCUT2D eigenvalue weighted by molar-refractivity contribution is 5.49. The van der Waals surface area contributed by atoms with Crippen LogP contribution in [0.2, 0.25) is 0 Å². The molecule has 0 aliphatic heterocycles. The van der Waals surface area contributed by atoms with Gasteiger partial charge in [0.2, 0.25) is 6.08 Å². The van der Waals surface area contributed by atoms with Crippen molar-refractivity contribution < 1.29 is 9.53 Å². The van der Waals surface area contributed by atoms with Gasteiger partial charge in [-0.05, 0) is 29.8 Å². The van der Waals surface area contributed by atoms with Gasteiger partial charge in [-0.15, -0.1) is 0 Å². The first-order chi connectivity index (χ1) is 8.38. The largest absolute Gasteiger partial charge is 0.489 e. The van der Waals surface area contributed by atoms with Crippen molar-refractivity contribution in [3.63, 3.8) is 0 Å². The van der Waals surface area contributed by atoms with Gasteiger partial charge in [0.15, 0.2) is 0 Å². The zero-order chi connectivity index (χ0) is 11.9. The maximum absolute atomic E-state index is 10.1. The predicted molar refractivity (Wildman–Crippen MR) is 65.0 cm³/mol. The van der Waals surface area contributed by atoms with Crippen LogP contribution >= 0.6 is 0 Å². The van der Waals surface area contributed by atoms with E-state index in [0.717, 1.165) is 11.3 Å². The summed E-state index contributed by atoms with van der Waals surface area (Å²) in [5.41, 5.74) is 1.56. The van der Waals surface area contributed by atoms with Gasteiger partial charge in [-0.3, -0.25) is 0 Å². The Morgan fingerprint density at radius 3 is 2.65 bits per heavy atom. The molecular formula is C14H11NO2. The number of rotatable bonds is 4. The monoisotopic (exact) mass is 225 g/mol. The number of hydrogen-bond donors (Lipinski definition) is 0. The molecule has 0 aromatic heterocycles. The Morgan fingerprint density at radius 2 is 1.88 bits per heavy atom. The van der Waals surface area contributed by atoms with Gasteiger partial charge in [-0.2, -0.15) is 4.99 Å². The standard InChI is InChI=1S/C14H11NO2/c16-11-15-13-6-4-5-12(9-13)10-17-14-7-2-1-3-8-14/h1-9H,10H2. The van der Waals surface area contributed by atoms with E-state index in [-0.39, 0.29) is 0 Å². The number of carbonyl (C=O) groups excluding carboxylic acids is 1. The number of nitrogens with zero attached hydrogens (tertiary/aromatic N) is 1. The van der Waals surface area contributed by atoms with Crippen LogP contribution in [0.5, 0.6) is 5.75 Å². The van der Waals surface area contributed by atoms with Crippen molar-refractivity contribution in [1.29, 1.82) is 0 Å². The first-order valence-electron chi connectivity index (χ1n) is 5.23. The van der Waals surface area contributed by atoms with Gasteiger partial charge in [-0.25, -0.2) is 4.79 Å². The van der Waals surface area contributed by atoms with Crippen molar-refractivity contribution >= 4 is 11.8 Å². The third-order valence-electron chi connectivity index (χ3n) is 2.23. The van der Waals surface area contributed by atoms with Crippen molar-refractivity contribution in [2.75, 3.05) is 0 Å². The van der Waals surface area contributed by atoms with Crippen molar-refractivity contribution in [3.8, 4) is 5.75 Å². The molecule has 2 aromatic carbocycles. The van der Waals surface area contributed by atoms with Crippen LogP contribution in [-0.2, 0) is 11.4 Å². The minimum atomic E-state index is 0.451. The minimum Gasteiger partial charge on any atom is -0.489 e. The number of ether oxygens (including phenoxy) is 1. The highest BCUT2D eigenvalue weighted by atomic mass is 16.5. The zero-order valence-corrected chi connectivity index (χ0v) is 9.17. The van der Waals surface area contributed by atoms with E-state index in [1.807, 2.05) is 42.5 Å². The van der Waals surface area contributed by atoms with Crippen molar-refractivity contribution in [1.82, 2.24) is 0 Å². The Labute approximate surface area is 99.4 Å². The molecule has 2 aromatic rings. The average molecular weight is 225 g/mol. The molecule has 84 valence electrons. The Hall–Kier alpha value is -2.38. The van der Waals surface area contributed by atoms with Gasteiger partial charge in [0.25, 0.3) is 0 Å². The molecule has 0 saturated heterocycles. The minimum absolute atomic E-state index is 0.451. The molecule has 0 saturated carbocycles. The van der Waals surface area contributed by atoms with Crippen molar-refractivity contribution in [3.05, 3.63) is 60.2 Å². The highest BCUT2D eigenvalue weighted by Gasteiger charge is 1.96. The lowest BCUT2D eigenvalue weighted by molar-refractivity contribution is 0.306. The van der Waals surface area contributed by atoms with Crippen molar-refractivity contribution in [2.45, 2.75) is 6.61 Å². The predicted octanol–water partition coefficient (Wildman–Crippen LogP) is 3.23. The first-order valence-corrected chi connectivity index (χ1v) is 5.23. The third-order valence-corrected chi connectivity index (χ3v) is 2.23. The lowest BCUT2D eigenvalue weighted by Crippen LogP contribution is -1.94. The number of benzene rings is 2. The van der Waals surface area contributed by atoms with Crippen LogP contribution < -0.4 is 4.74 Å². The Bertz CT molecular complexity index is 531. The second-order valence-corrected chi connectivity index (χ2v) is 3.47. The highest BCUT2D eigenvalue weighted by Crippen LogP contribution is 2.16. The van der Waals surface area contributed by atoms with Crippen LogP contribution in [0.25, 0.3) is 0 Å². The summed E-state index contributed by atoms with van der Waals surface area (Å²) in [7, 11) is 0. The fourth-order valence-electron chi connectivity index (χ4n) is 1.45. The summed E-state index contributed by atoms with van der Waals surface area (Å²) in [6, 6.07) is 16.9. The summed E-state index contributed by atoms with van der Waals surface area (Å²) in [6.45, 7) is 0.451. The van der Waals surface area contributed by atoms with Gasteiger partial charge in [0, 0.05) is 0 Å². The van der Waals surface area contributed by atoms with Gasteiger partial charge < -0.3 is 4.74 Å². The molecule has 3 nitrogen and oxygen atoms in total. The molecule has 0 radical (unpaired) electrons. The molecule has 3 heteroatoms. The molecule has 2 rings (SSSR count). The molecule has 0 unspecified atom stereocenters. The number of isocyanates is 1. The fraction of sp³-hybridized carbons (Fsp3) is 0.0714. The Kier molecular flexibility index (Phi) is 3.68. The van der Waals surface area contributed by atoms with Crippen LogP contribution in [0.4, 0.5) is 5.69 Å². The zero-order valence-electron chi connectivity index (χ0n) is 9.17. The van der Waals surface area contributed by atoms with Crippen molar-refractivity contribution in [2.24, 2.45) is 4.99 Å². The van der Waals surface area contributed by atoms with Gasteiger partial charge in [-0.1, -0.05) is 30.3 Å². The SMILES string of the molecule is O=C=Nc1cccc(COc2ccccc2)c1. The van der Waals surface area contributed by atoms with E-state index in [1.165, 1.54) is 6.08 Å². The molecule has 0 bridgehead atoms. The molecule has 17 heavy (non-hydrogen) atoms. The molecule has 0 aliphatic carbocycles. The molecule has 0 fully saturated rings. The van der Waals surface area contributed by atoms with Crippen LogP contribution in [-0.4, -0.2) is 6.08 Å². The van der Waals surface area contributed by atoms with Gasteiger partial charge in [0.05, 0.1) is 5.69 Å². The fourth-order valence-corrected chi connectivity index (χ4v) is 1.45. The van der Waals surface area contributed by atoms with E-state index in [9.17, 15) is 4.79 Å². The third kappa shape index (κ3) is 3.30. The summed E-state index contributed by atoms with van der Waals surface area (Å²) in [5.74, 6) is 0.816. The summed E-state index contributed by atoms with van der Waals surface area (Å²) in [5, 5.41) is 0. The second kappa shape index (κ2) is 5.64. The summed E-state index contributed by atoms with van der Waals surface area (Å²) in [4.78, 5) is 13.7. The lowest BCUT2D eigenvalue weighted by Gasteiger charge is -2.05. The molecular weight excluding hydrogens is 214 g/mol. The normalized spacial score (nSPS) is 9.41. The maximum Gasteiger partial charge on any atom is 0.240 e. The van der Waals surface area contributed by atoms with E-state index in [1.54, 1.807) is 12.1 Å². The number of hydrogen-bond acceptors (Lipinski definition) is 3. The van der Waals surface area contributed by atoms with E-state index < -0.39 is 0 Å². The first kappa shape index (κ1) is 11.1. The van der Waals surface area contributed by atoms with Gasteiger partial charge in [0.1, 0.15) is 12.4 Å². The summed E-state index contributed by atoms with van der Waals surface area (Å²) >= 11 is 0. The van der Waals surface area contributed by atoms with E-state index in [4.69, 9.17) is 4.74 Å². The number of para-hydroxylation sites is 1. The smallest absolute Gasteiger partial charge is 0.240 e. The molecule has 0 N–H and O–H groups in total. The summed E-state index contributed by atoms with van der Waals surface area (Å²) < 4.78 is 5.58. The molecule has 0 aliphatic rings. The lowest BCUT2D eigenvalue weighted by atomic mass is 10.2. The number of aliphatic imine (C=N–C) groups is 1. The van der Waals surface area contributed by atoms with Crippen LogP contribution in [0.3, 0.4) is 0 Å². The molecule has 0 spiro atoms. The topological polar surface area (TPSA) is 38.7 Å². The van der Waals surface area contributed by atoms with Crippen LogP contribution in [0.1, 0.15) is 5.56 Å². The average Bonchev–Trinajstić information content (AvgIpc) is 2.39. The second-order valence-electron chi connectivity index (χ2n) is 3.47. The Morgan fingerprint density at radius 1 is 1.06 bits per heavy atom. The quantitative estimate of drug-likeness (QED) is 0.592. The molecule has 0 amide bonds. The van der Waals surface area contributed by atoms with E-state index in [0.29, 0.717) is 12.3 Å². The van der Waals surface area contributed by atoms with E-state index >= 15 is 0 Å². The van der Waals surface area contributed by atoms with Gasteiger partial charge >= 0.3 is 0 Å². The van der Waals surface area contributed by atoms with Crippen LogP contribution in [0, 0.1) is 0 Å². The van der Waals surface area contributed by atoms with E-state index in [2.05, 4.69) is 4.99 Å². The maximum atomic E-state index is 10.1.